The normalized spacial score (nSPS) is 17.8. The number of amidine groups is 1. The number of nitrogens with zero attached hydrogens (tertiary/aromatic N) is 4. The molecular formula is C25H26F2N6O3. The van der Waals surface area contributed by atoms with Crippen LogP contribution in [0.4, 0.5) is 14.5 Å². The number of hydrogen-bond acceptors (Lipinski definition) is 7. The average molecular weight is 497 g/mol. The van der Waals surface area contributed by atoms with E-state index >= 15 is 8.78 Å². The van der Waals surface area contributed by atoms with Gasteiger partial charge in [0.1, 0.15) is 18.0 Å². The quantitative estimate of drug-likeness (QED) is 0.351. The highest BCUT2D eigenvalue weighted by Gasteiger charge is 2.29. The summed E-state index contributed by atoms with van der Waals surface area (Å²) in [5.41, 5.74) is 1.72. The van der Waals surface area contributed by atoms with Crippen LogP contribution < -0.4 is 10.1 Å². The number of H-pyrrole nitrogens is 1. The molecule has 0 saturated heterocycles. The third kappa shape index (κ3) is 4.37. The Bertz CT molecular complexity index is 1420. The van der Waals surface area contributed by atoms with Crippen molar-refractivity contribution in [2.75, 3.05) is 25.1 Å². The fraction of sp³-hybridized carbons (Fsp3) is 0.320. The Morgan fingerprint density at radius 3 is 2.69 bits per heavy atom. The first-order valence-electron chi connectivity index (χ1n) is 11.5. The minimum atomic E-state index is -0.900. The molecule has 1 atom stereocenters. The highest BCUT2D eigenvalue weighted by molar-refractivity contribution is 5.97. The van der Waals surface area contributed by atoms with Crippen LogP contribution in [0.2, 0.25) is 0 Å². The summed E-state index contributed by atoms with van der Waals surface area (Å²) >= 11 is 0. The van der Waals surface area contributed by atoms with Crippen LogP contribution in [-0.2, 0) is 4.74 Å². The summed E-state index contributed by atoms with van der Waals surface area (Å²) in [4.78, 5) is 11.6. The fourth-order valence-electron chi connectivity index (χ4n) is 3.98. The topological polar surface area (TPSA) is 110 Å². The second-order valence-electron chi connectivity index (χ2n) is 9.36. The lowest BCUT2D eigenvalue weighted by Crippen LogP contribution is -2.38. The van der Waals surface area contributed by atoms with E-state index in [9.17, 15) is 5.11 Å². The summed E-state index contributed by atoms with van der Waals surface area (Å²) < 4.78 is 43.2. The lowest BCUT2D eigenvalue weighted by atomic mass is 9.93. The Morgan fingerprint density at radius 1 is 1.25 bits per heavy atom. The van der Waals surface area contributed by atoms with Gasteiger partial charge in [-0.15, -0.1) is 0 Å². The van der Waals surface area contributed by atoms with E-state index in [1.807, 2.05) is 31.5 Å². The van der Waals surface area contributed by atoms with Gasteiger partial charge in [-0.25, -0.2) is 18.8 Å². The molecule has 3 aromatic heterocycles. The number of nitrogens with one attached hydrogen (secondary N) is 2. The standard InChI is InChI=1S/C25H26F2N6O3/c1-14(2)33-19(4-7-31-33)16-10-29-23-21(16)20(5-6-28-23)36-22-17(26)8-15(9-18(22)27)32-24-30-11-25(3,12-34)13-35-24/h4-10,14,34H,11-13H2,1-3H3,(H,28,29)(H,30,32). The molecule has 0 aliphatic carbocycles. The van der Waals surface area contributed by atoms with Crippen LogP contribution >= 0.6 is 0 Å². The number of aliphatic imine (C=N–C) groups is 1. The van der Waals surface area contributed by atoms with E-state index in [2.05, 4.69) is 25.4 Å². The molecule has 0 amide bonds. The van der Waals surface area contributed by atoms with Gasteiger partial charge in [0, 0.05) is 53.4 Å². The molecule has 0 saturated carbocycles. The number of aliphatic hydroxyl groups is 1. The molecule has 1 aliphatic rings. The summed E-state index contributed by atoms with van der Waals surface area (Å²) in [6.07, 6.45) is 4.97. The monoisotopic (exact) mass is 496 g/mol. The molecule has 0 fully saturated rings. The molecule has 1 aromatic carbocycles. The van der Waals surface area contributed by atoms with Crippen molar-refractivity contribution in [1.82, 2.24) is 19.7 Å². The lowest BCUT2D eigenvalue weighted by Gasteiger charge is -2.30. The zero-order valence-electron chi connectivity index (χ0n) is 20.0. The van der Waals surface area contributed by atoms with Gasteiger partial charge < -0.3 is 24.9 Å². The maximum Gasteiger partial charge on any atom is 0.289 e. The molecular weight excluding hydrogens is 470 g/mol. The molecule has 0 bridgehead atoms. The number of hydrogen-bond donors (Lipinski definition) is 3. The number of aromatic amines is 1. The number of halogens is 2. The Morgan fingerprint density at radius 2 is 2.03 bits per heavy atom. The second-order valence-corrected chi connectivity index (χ2v) is 9.36. The summed E-state index contributed by atoms with van der Waals surface area (Å²) in [5.74, 6) is -2.10. The van der Waals surface area contributed by atoms with Crippen molar-refractivity contribution in [3.63, 3.8) is 0 Å². The van der Waals surface area contributed by atoms with E-state index in [0.717, 1.165) is 23.4 Å². The number of anilines is 1. The van der Waals surface area contributed by atoms with Crippen molar-refractivity contribution >= 4 is 22.7 Å². The zero-order valence-corrected chi connectivity index (χ0v) is 20.0. The van der Waals surface area contributed by atoms with Gasteiger partial charge in [-0.05, 0) is 26.0 Å². The van der Waals surface area contributed by atoms with Crippen molar-refractivity contribution in [1.29, 1.82) is 0 Å². The van der Waals surface area contributed by atoms with Crippen molar-refractivity contribution < 1.29 is 23.4 Å². The lowest BCUT2D eigenvalue weighted by molar-refractivity contribution is 0.0706. The zero-order chi connectivity index (χ0) is 25.4. The van der Waals surface area contributed by atoms with E-state index in [1.165, 1.54) is 6.20 Å². The highest BCUT2D eigenvalue weighted by Crippen LogP contribution is 2.39. The highest BCUT2D eigenvalue weighted by atomic mass is 19.1. The summed E-state index contributed by atoms with van der Waals surface area (Å²) in [6, 6.07) is 5.86. The number of fused-ring (bicyclic) bond motifs is 1. The molecule has 1 unspecified atom stereocenters. The Labute approximate surface area is 205 Å². The van der Waals surface area contributed by atoms with Gasteiger partial charge in [0.05, 0.1) is 24.2 Å². The largest absolute Gasteiger partial charge is 0.464 e. The number of aliphatic hydroxyl groups excluding tert-OH is 1. The maximum absolute atomic E-state index is 15.0. The molecule has 1 aliphatic heterocycles. The van der Waals surface area contributed by atoms with Crippen molar-refractivity contribution in [3.8, 4) is 22.8 Å². The van der Waals surface area contributed by atoms with Gasteiger partial charge in [-0.3, -0.25) is 4.68 Å². The van der Waals surface area contributed by atoms with Crippen LogP contribution in [0.15, 0.2) is 47.8 Å². The average Bonchev–Trinajstić information content (AvgIpc) is 3.50. The molecule has 9 nitrogen and oxygen atoms in total. The predicted octanol–water partition coefficient (Wildman–Crippen LogP) is 4.87. The number of pyridine rings is 1. The molecule has 36 heavy (non-hydrogen) atoms. The smallest absolute Gasteiger partial charge is 0.289 e. The van der Waals surface area contributed by atoms with Crippen LogP contribution in [0.3, 0.4) is 0 Å². The first-order chi connectivity index (χ1) is 17.3. The van der Waals surface area contributed by atoms with Crippen molar-refractivity contribution in [3.05, 3.63) is 54.5 Å². The third-order valence-electron chi connectivity index (χ3n) is 5.98. The second kappa shape index (κ2) is 9.23. The van der Waals surface area contributed by atoms with Gasteiger partial charge in [0.15, 0.2) is 17.4 Å². The minimum absolute atomic E-state index is 0.0794. The molecule has 188 valence electrons. The van der Waals surface area contributed by atoms with E-state index in [4.69, 9.17) is 9.47 Å². The molecule has 4 heterocycles. The van der Waals surface area contributed by atoms with Gasteiger partial charge in [-0.1, -0.05) is 6.92 Å². The number of aromatic nitrogens is 4. The minimum Gasteiger partial charge on any atom is -0.464 e. The van der Waals surface area contributed by atoms with Gasteiger partial charge in [0.2, 0.25) is 0 Å². The Kier molecular flexibility index (Phi) is 6.09. The van der Waals surface area contributed by atoms with Gasteiger partial charge >= 0.3 is 0 Å². The molecule has 3 N–H and O–H groups in total. The molecule has 0 radical (unpaired) electrons. The van der Waals surface area contributed by atoms with Crippen LogP contribution in [0.25, 0.3) is 22.3 Å². The van der Waals surface area contributed by atoms with Crippen LogP contribution in [0.1, 0.15) is 26.8 Å². The van der Waals surface area contributed by atoms with Crippen molar-refractivity contribution in [2.24, 2.45) is 10.4 Å². The molecule has 11 heteroatoms. The van der Waals surface area contributed by atoms with E-state index in [-0.39, 0.29) is 36.7 Å². The summed E-state index contributed by atoms with van der Waals surface area (Å²) in [6.45, 7) is 6.33. The molecule has 0 spiro atoms. The third-order valence-corrected chi connectivity index (χ3v) is 5.98. The van der Waals surface area contributed by atoms with E-state index < -0.39 is 22.8 Å². The number of benzene rings is 1. The van der Waals surface area contributed by atoms with Crippen LogP contribution in [-0.4, -0.2) is 50.6 Å². The summed E-state index contributed by atoms with van der Waals surface area (Å²) in [7, 11) is 0. The van der Waals surface area contributed by atoms with E-state index in [0.29, 0.717) is 17.6 Å². The van der Waals surface area contributed by atoms with Gasteiger partial charge in [0.25, 0.3) is 6.02 Å². The Balaban J connectivity index is 1.45. The molecule has 5 rings (SSSR count). The van der Waals surface area contributed by atoms with Crippen LogP contribution in [0.5, 0.6) is 11.5 Å². The first kappa shape index (κ1) is 23.7. The predicted molar refractivity (Wildman–Crippen MR) is 131 cm³/mol. The van der Waals surface area contributed by atoms with E-state index in [1.54, 1.807) is 18.5 Å². The first-order valence-corrected chi connectivity index (χ1v) is 11.5. The maximum atomic E-state index is 15.0. The SMILES string of the molecule is CC(C)n1nccc1-c1c[nH]c2nccc(Oc3c(F)cc(NC4=NCC(C)(CO)CO4)cc3F)c12. The van der Waals surface area contributed by atoms with Crippen molar-refractivity contribution in [2.45, 2.75) is 26.8 Å². The number of rotatable bonds is 6. The Hall–Kier alpha value is -3.99. The van der Waals surface area contributed by atoms with Crippen LogP contribution in [0, 0.1) is 17.0 Å². The molecule has 4 aromatic rings. The fourth-order valence-corrected chi connectivity index (χ4v) is 3.98. The number of ether oxygens (including phenoxy) is 2. The van der Waals surface area contributed by atoms with Gasteiger partial charge in [-0.2, -0.15) is 5.10 Å². The summed E-state index contributed by atoms with van der Waals surface area (Å²) in [5, 5.41) is 17.1.